The van der Waals surface area contributed by atoms with Crippen LogP contribution in [0.1, 0.15) is 5.56 Å². The Morgan fingerprint density at radius 2 is 1.67 bits per heavy atom. The summed E-state index contributed by atoms with van der Waals surface area (Å²) < 4.78 is 37.6. The largest absolute Gasteiger partial charge is 0.422 e. The van der Waals surface area contributed by atoms with Gasteiger partial charge in [-0.2, -0.15) is 13.2 Å². The van der Waals surface area contributed by atoms with Crippen LogP contribution in [-0.2, 0) is 5.60 Å². The second kappa shape index (κ2) is 4.00. The Balaban J connectivity index is 3.18. The van der Waals surface area contributed by atoms with Crippen molar-refractivity contribution in [1.29, 1.82) is 0 Å². The van der Waals surface area contributed by atoms with Gasteiger partial charge in [-0.25, -0.2) is 0 Å². The van der Waals surface area contributed by atoms with E-state index < -0.39 is 18.3 Å². The molecule has 1 aromatic carbocycles. The van der Waals surface area contributed by atoms with Gasteiger partial charge in [0, 0.05) is 11.6 Å². The van der Waals surface area contributed by atoms with Crippen LogP contribution in [0.2, 0.25) is 5.02 Å². The van der Waals surface area contributed by atoms with E-state index in [0.29, 0.717) is 5.02 Å². The lowest BCUT2D eigenvalue weighted by molar-refractivity contribution is -0.262. The van der Waals surface area contributed by atoms with Crippen LogP contribution in [0.3, 0.4) is 0 Å². The van der Waals surface area contributed by atoms with Crippen molar-refractivity contribution < 1.29 is 18.3 Å². The lowest BCUT2D eigenvalue weighted by Gasteiger charge is -2.29. The summed E-state index contributed by atoms with van der Waals surface area (Å²) in [6, 6.07) is 4.73. The maximum absolute atomic E-state index is 12.5. The first-order valence-corrected chi connectivity index (χ1v) is 4.44. The van der Waals surface area contributed by atoms with Crippen LogP contribution in [0, 0.1) is 0 Å². The Morgan fingerprint density at radius 1 is 1.20 bits per heavy atom. The number of hydrogen-bond donors (Lipinski definition) is 2. The van der Waals surface area contributed by atoms with Crippen molar-refractivity contribution >= 4 is 11.6 Å². The normalized spacial score (nSPS) is 16.1. The molecule has 0 radical (unpaired) electrons. The van der Waals surface area contributed by atoms with Gasteiger partial charge in [0.2, 0.25) is 0 Å². The van der Waals surface area contributed by atoms with E-state index in [1.54, 1.807) is 0 Å². The first-order chi connectivity index (χ1) is 6.81. The molecule has 0 heterocycles. The molecule has 0 spiro atoms. The van der Waals surface area contributed by atoms with Gasteiger partial charge < -0.3 is 10.8 Å². The van der Waals surface area contributed by atoms with Crippen LogP contribution in [0.15, 0.2) is 24.3 Å². The molecule has 1 aromatic rings. The van der Waals surface area contributed by atoms with Gasteiger partial charge in [0.1, 0.15) is 0 Å². The lowest BCUT2D eigenvalue weighted by atomic mass is 9.93. The lowest BCUT2D eigenvalue weighted by Crippen LogP contribution is -2.48. The first-order valence-electron chi connectivity index (χ1n) is 4.06. The molecule has 0 aromatic heterocycles. The molecule has 0 amide bonds. The maximum Gasteiger partial charge on any atom is 0.422 e. The molecule has 84 valence electrons. The third-order valence-electron chi connectivity index (χ3n) is 2.09. The molecule has 0 aliphatic heterocycles. The molecule has 0 aliphatic carbocycles. The molecule has 0 saturated heterocycles. The summed E-state index contributed by atoms with van der Waals surface area (Å²) in [6.07, 6.45) is -4.81. The molecule has 2 nitrogen and oxygen atoms in total. The Labute approximate surface area is 89.5 Å². The standard InChI is InChI=1S/C9H9ClF3NO/c10-7-3-1-6(2-4-7)8(15,5-14)9(11,12)13/h1-4,15H,5,14H2/t8-/m0/s1. The molecule has 15 heavy (non-hydrogen) atoms. The van der Waals surface area contributed by atoms with E-state index >= 15 is 0 Å². The zero-order valence-electron chi connectivity index (χ0n) is 7.55. The number of aliphatic hydroxyl groups is 1. The summed E-state index contributed by atoms with van der Waals surface area (Å²) >= 11 is 5.53. The van der Waals surface area contributed by atoms with E-state index in [2.05, 4.69) is 0 Å². The van der Waals surface area contributed by atoms with Gasteiger partial charge in [0.05, 0.1) is 0 Å². The van der Waals surface area contributed by atoms with E-state index in [9.17, 15) is 18.3 Å². The van der Waals surface area contributed by atoms with Gasteiger partial charge in [-0.15, -0.1) is 0 Å². The van der Waals surface area contributed by atoms with Crippen molar-refractivity contribution in [3.05, 3.63) is 34.9 Å². The van der Waals surface area contributed by atoms with Gasteiger partial charge in [-0.05, 0) is 17.7 Å². The topological polar surface area (TPSA) is 46.2 Å². The molecule has 1 atom stereocenters. The summed E-state index contributed by atoms with van der Waals surface area (Å²) in [6.45, 7) is -0.932. The molecule has 0 aliphatic rings. The molecular formula is C9H9ClF3NO. The second-order valence-electron chi connectivity index (χ2n) is 3.07. The molecule has 0 fully saturated rings. The number of halogens is 4. The molecule has 0 bridgehead atoms. The minimum Gasteiger partial charge on any atom is -0.375 e. The van der Waals surface area contributed by atoms with Gasteiger partial charge in [-0.1, -0.05) is 23.7 Å². The monoisotopic (exact) mass is 239 g/mol. The van der Waals surface area contributed by atoms with Gasteiger partial charge >= 0.3 is 6.18 Å². The Morgan fingerprint density at radius 3 is 2.00 bits per heavy atom. The Bertz CT molecular complexity index is 338. The van der Waals surface area contributed by atoms with Crippen LogP contribution in [0.5, 0.6) is 0 Å². The molecule has 0 saturated carbocycles. The summed E-state index contributed by atoms with van der Waals surface area (Å²) in [5.74, 6) is 0. The number of nitrogens with two attached hydrogens (primary N) is 1. The maximum atomic E-state index is 12.5. The van der Waals surface area contributed by atoms with E-state index in [0.717, 1.165) is 12.1 Å². The third kappa shape index (κ3) is 2.25. The number of hydrogen-bond acceptors (Lipinski definition) is 2. The Kier molecular flexibility index (Phi) is 3.28. The van der Waals surface area contributed by atoms with Crippen LogP contribution in [-0.4, -0.2) is 17.8 Å². The quantitative estimate of drug-likeness (QED) is 0.830. The number of benzene rings is 1. The highest BCUT2D eigenvalue weighted by Crippen LogP contribution is 2.38. The highest BCUT2D eigenvalue weighted by Gasteiger charge is 2.53. The molecule has 6 heteroatoms. The second-order valence-corrected chi connectivity index (χ2v) is 3.51. The SMILES string of the molecule is NC[C@](O)(c1ccc(Cl)cc1)C(F)(F)F. The summed E-state index contributed by atoms with van der Waals surface area (Å²) in [7, 11) is 0. The fraction of sp³-hybridized carbons (Fsp3) is 0.333. The highest BCUT2D eigenvalue weighted by molar-refractivity contribution is 6.30. The van der Waals surface area contributed by atoms with Crippen molar-refractivity contribution in [1.82, 2.24) is 0 Å². The van der Waals surface area contributed by atoms with Crippen molar-refractivity contribution in [3.8, 4) is 0 Å². The van der Waals surface area contributed by atoms with Crippen LogP contribution < -0.4 is 5.73 Å². The predicted molar refractivity (Wildman–Crippen MR) is 50.5 cm³/mol. The van der Waals surface area contributed by atoms with Crippen LogP contribution >= 0.6 is 11.6 Å². The van der Waals surface area contributed by atoms with Crippen molar-refractivity contribution in [2.24, 2.45) is 5.73 Å². The first kappa shape index (κ1) is 12.3. The fourth-order valence-electron chi connectivity index (χ4n) is 1.12. The van der Waals surface area contributed by atoms with E-state index in [-0.39, 0.29) is 5.56 Å². The zero-order chi connectivity index (χ0) is 11.7. The Hall–Kier alpha value is -0.780. The van der Waals surface area contributed by atoms with Gasteiger partial charge in [0.15, 0.2) is 5.60 Å². The van der Waals surface area contributed by atoms with Crippen molar-refractivity contribution in [2.75, 3.05) is 6.54 Å². The fourth-order valence-corrected chi connectivity index (χ4v) is 1.25. The minimum absolute atomic E-state index is 0.292. The molecule has 0 unspecified atom stereocenters. The van der Waals surface area contributed by atoms with E-state index in [1.165, 1.54) is 12.1 Å². The van der Waals surface area contributed by atoms with Gasteiger partial charge in [-0.3, -0.25) is 0 Å². The molecular weight excluding hydrogens is 231 g/mol. The molecule has 1 rings (SSSR count). The molecule has 3 N–H and O–H groups in total. The predicted octanol–water partition coefficient (Wildman–Crippen LogP) is 2.05. The summed E-state index contributed by atoms with van der Waals surface area (Å²) in [5.41, 5.74) is 1.63. The van der Waals surface area contributed by atoms with Crippen LogP contribution in [0.25, 0.3) is 0 Å². The number of rotatable bonds is 2. The highest BCUT2D eigenvalue weighted by atomic mass is 35.5. The average molecular weight is 240 g/mol. The minimum atomic E-state index is -4.81. The smallest absolute Gasteiger partial charge is 0.375 e. The third-order valence-corrected chi connectivity index (χ3v) is 2.34. The van der Waals surface area contributed by atoms with Crippen molar-refractivity contribution in [3.63, 3.8) is 0 Å². The average Bonchev–Trinajstić information content (AvgIpc) is 2.16. The van der Waals surface area contributed by atoms with Crippen molar-refractivity contribution in [2.45, 2.75) is 11.8 Å². The van der Waals surface area contributed by atoms with Gasteiger partial charge in [0.25, 0.3) is 0 Å². The summed E-state index contributed by atoms with van der Waals surface area (Å²) in [4.78, 5) is 0. The zero-order valence-corrected chi connectivity index (χ0v) is 8.31. The van der Waals surface area contributed by atoms with Crippen LogP contribution in [0.4, 0.5) is 13.2 Å². The van der Waals surface area contributed by atoms with E-state index in [4.69, 9.17) is 17.3 Å². The summed E-state index contributed by atoms with van der Waals surface area (Å²) in [5, 5.41) is 9.72. The number of alkyl halides is 3. The van der Waals surface area contributed by atoms with E-state index in [1.807, 2.05) is 0 Å².